The van der Waals surface area contributed by atoms with Crippen molar-refractivity contribution in [3.8, 4) is 0 Å². The predicted molar refractivity (Wildman–Crippen MR) is 57.3 cm³/mol. The van der Waals surface area contributed by atoms with Crippen molar-refractivity contribution in [1.82, 2.24) is 14.9 Å². The zero-order chi connectivity index (χ0) is 10.3. The van der Waals surface area contributed by atoms with Crippen molar-refractivity contribution < 1.29 is 4.42 Å². The predicted octanol–water partition coefficient (Wildman–Crippen LogP) is 1.66. The highest BCUT2D eigenvalue weighted by molar-refractivity contribution is 5.04. The Hall–Kier alpha value is -1.55. The highest BCUT2D eigenvalue weighted by atomic mass is 16.3. The fraction of sp³-hybridized carbons (Fsp3) is 0.364. The van der Waals surface area contributed by atoms with Crippen LogP contribution in [0.1, 0.15) is 12.0 Å². The van der Waals surface area contributed by atoms with E-state index in [0.29, 0.717) is 0 Å². The van der Waals surface area contributed by atoms with Crippen LogP contribution in [-0.4, -0.2) is 16.1 Å². The third kappa shape index (κ3) is 3.25. The second kappa shape index (κ2) is 5.36. The SMILES string of the molecule is c1cn(CCCNCc2ccoc2)cn1. The van der Waals surface area contributed by atoms with E-state index in [1.54, 1.807) is 18.7 Å². The van der Waals surface area contributed by atoms with Crippen LogP contribution >= 0.6 is 0 Å². The number of furan rings is 1. The lowest BCUT2D eigenvalue weighted by molar-refractivity contribution is 0.554. The van der Waals surface area contributed by atoms with Crippen molar-refractivity contribution in [1.29, 1.82) is 0 Å². The maximum absolute atomic E-state index is 4.98. The van der Waals surface area contributed by atoms with Gasteiger partial charge in [-0.3, -0.25) is 0 Å². The zero-order valence-electron chi connectivity index (χ0n) is 8.60. The Kier molecular flexibility index (Phi) is 3.57. The molecule has 0 aliphatic heterocycles. The third-order valence-corrected chi connectivity index (χ3v) is 2.24. The first-order valence-corrected chi connectivity index (χ1v) is 5.13. The van der Waals surface area contributed by atoms with Crippen molar-refractivity contribution in [3.63, 3.8) is 0 Å². The van der Waals surface area contributed by atoms with Gasteiger partial charge in [0.15, 0.2) is 0 Å². The molecule has 80 valence electrons. The third-order valence-electron chi connectivity index (χ3n) is 2.24. The molecule has 0 radical (unpaired) electrons. The summed E-state index contributed by atoms with van der Waals surface area (Å²) in [6.07, 6.45) is 10.2. The molecular formula is C11H15N3O. The van der Waals surface area contributed by atoms with Gasteiger partial charge in [0.25, 0.3) is 0 Å². The molecule has 2 aromatic rings. The molecule has 0 saturated heterocycles. The lowest BCUT2D eigenvalue weighted by Crippen LogP contribution is -2.15. The minimum atomic E-state index is 0.875. The first kappa shape index (κ1) is 9.98. The summed E-state index contributed by atoms with van der Waals surface area (Å²) in [4.78, 5) is 3.99. The Bertz CT molecular complexity index is 317. The van der Waals surface area contributed by atoms with E-state index in [2.05, 4.69) is 14.9 Å². The van der Waals surface area contributed by atoms with E-state index in [1.807, 2.05) is 18.6 Å². The first-order valence-electron chi connectivity index (χ1n) is 5.13. The maximum Gasteiger partial charge on any atom is 0.0947 e. The average Bonchev–Trinajstić information content (AvgIpc) is 2.88. The van der Waals surface area contributed by atoms with Gasteiger partial charge in [-0.2, -0.15) is 0 Å². The summed E-state index contributed by atoms with van der Waals surface area (Å²) in [6.45, 7) is 2.89. The summed E-state index contributed by atoms with van der Waals surface area (Å²) in [5.41, 5.74) is 1.19. The number of rotatable bonds is 6. The molecule has 0 unspecified atom stereocenters. The lowest BCUT2D eigenvalue weighted by Gasteiger charge is -2.03. The highest BCUT2D eigenvalue weighted by Gasteiger charge is 1.93. The molecule has 0 amide bonds. The van der Waals surface area contributed by atoms with E-state index < -0.39 is 0 Å². The fourth-order valence-electron chi connectivity index (χ4n) is 1.43. The van der Waals surface area contributed by atoms with Crippen molar-refractivity contribution in [2.24, 2.45) is 0 Å². The molecule has 0 spiro atoms. The molecule has 0 aliphatic carbocycles. The first-order chi connectivity index (χ1) is 7.45. The molecule has 0 fully saturated rings. The van der Waals surface area contributed by atoms with Gasteiger partial charge in [-0.15, -0.1) is 0 Å². The van der Waals surface area contributed by atoms with Crippen LogP contribution in [0.15, 0.2) is 41.7 Å². The van der Waals surface area contributed by atoms with Gasteiger partial charge in [-0.05, 0) is 19.0 Å². The molecule has 2 heterocycles. The van der Waals surface area contributed by atoms with Gasteiger partial charge in [0.2, 0.25) is 0 Å². The van der Waals surface area contributed by atoms with Crippen molar-refractivity contribution in [2.75, 3.05) is 6.54 Å². The van der Waals surface area contributed by atoms with Gasteiger partial charge in [-0.1, -0.05) is 0 Å². The largest absolute Gasteiger partial charge is 0.472 e. The minimum Gasteiger partial charge on any atom is -0.472 e. The monoisotopic (exact) mass is 205 g/mol. The Labute approximate surface area is 88.9 Å². The number of hydrogen-bond acceptors (Lipinski definition) is 3. The van der Waals surface area contributed by atoms with Crippen LogP contribution in [0.3, 0.4) is 0 Å². The van der Waals surface area contributed by atoms with Gasteiger partial charge in [0.05, 0.1) is 18.9 Å². The lowest BCUT2D eigenvalue weighted by atomic mass is 10.3. The number of aromatic nitrogens is 2. The van der Waals surface area contributed by atoms with Gasteiger partial charge in [0.1, 0.15) is 0 Å². The second-order valence-corrected chi connectivity index (χ2v) is 3.46. The summed E-state index contributed by atoms with van der Waals surface area (Å²) in [6, 6.07) is 1.98. The quantitative estimate of drug-likeness (QED) is 0.729. The van der Waals surface area contributed by atoms with E-state index in [1.165, 1.54) is 5.56 Å². The van der Waals surface area contributed by atoms with E-state index in [-0.39, 0.29) is 0 Å². The molecule has 4 heteroatoms. The summed E-state index contributed by atoms with van der Waals surface area (Å²) in [5, 5.41) is 3.36. The second-order valence-electron chi connectivity index (χ2n) is 3.46. The normalized spacial score (nSPS) is 10.7. The number of nitrogens with one attached hydrogen (secondary N) is 1. The van der Waals surface area contributed by atoms with E-state index >= 15 is 0 Å². The maximum atomic E-state index is 4.98. The Morgan fingerprint density at radius 3 is 3.20 bits per heavy atom. The molecule has 2 rings (SSSR count). The molecule has 1 N–H and O–H groups in total. The van der Waals surface area contributed by atoms with E-state index in [0.717, 1.165) is 26.1 Å². The molecule has 0 aliphatic rings. The van der Waals surface area contributed by atoms with Gasteiger partial charge in [-0.25, -0.2) is 4.98 Å². The number of nitrogens with zero attached hydrogens (tertiary/aromatic N) is 2. The Morgan fingerprint density at radius 2 is 2.47 bits per heavy atom. The van der Waals surface area contributed by atoms with Crippen LogP contribution in [-0.2, 0) is 13.1 Å². The molecule has 0 aromatic carbocycles. The van der Waals surface area contributed by atoms with Crippen molar-refractivity contribution in [2.45, 2.75) is 19.5 Å². The van der Waals surface area contributed by atoms with Crippen molar-refractivity contribution >= 4 is 0 Å². The van der Waals surface area contributed by atoms with E-state index in [4.69, 9.17) is 4.42 Å². The summed E-state index contributed by atoms with van der Waals surface area (Å²) in [7, 11) is 0. The molecule has 0 bridgehead atoms. The number of hydrogen-bond donors (Lipinski definition) is 1. The van der Waals surface area contributed by atoms with Crippen LogP contribution in [0.25, 0.3) is 0 Å². The molecule has 15 heavy (non-hydrogen) atoms. The Morgan fingerprint density at radius 1 is 1.47 bits per heavy atom. The standard InChI is InChI=1S/C11H15N3O/c1(5-14-6-4-13-10-14)3-12-8-11-2-7-15-9-11/h2,4,6-7,9-10,12H,1,3,5,8H2. The number of imidazole rings is 1. The molecular weight excluding hydrogens is 190 g/mol. The van der Waals surface area contributed by atoms with Gasteiger partial charge < -0.3 is 14.3 Å². The average molecular weight is 205 g/mol. The van der Waals surface area contributed by atoms with Crippen LogP contribution in [0.4, 0.5) is 0 Å². The van der Waals surface area contributed by atoms with Crippen molar-refractivity contribution in [3.05, 3.63) is 42.9 Å². The highest BCUT2D eigenvalue weighted by Crippen LogP contribution is 1.98. The smallest absolute Gasteiger partial charge is 0.0947 e. The topological polar surface area (TPSA) is 43.0 Å². The molecule has 2 aromatic heterocycles. The molecule has 0 saturated carbocycles. The van der Waals surface area contributed by atoms with Crippen LogP contribution in [0, 0.1) is 0 Å². The number of aryl methyl sites for hydroxylation is 1. The van der Waals surface area contributed by atoms with Crippen LogP contribution < -0.4 is 5.32 Å². The van der Waals surface area contributed by atoms with Crippen LogP contribution in [0.5, 0.6) is 0 Å². The zero-order valence-corrected chi connectivity index (χ0v) is 8.60. The van der Waals surface area contributed by atoms with Gasteiger partial charge in [0, 0.05) is 31.0 Å². The molecule has 0 atom stereocenters. The molecule has 4 nitrogen and oxygen atoms in total. The Balaban J connectivity index is 1.56. The summed E-state index contributed by atoms with van der Waals surface area (Å²) in [5.74, 6) is 0. The van der Waals surface area contributed by atoms with E-state index in [9.17, 15) is 0 Å². The minimum absolute atomic E-state index is 0.875. The van der Waals surface area contributed by atoms with Gasteiger partial charge >= 0.3 is 0 Å². The summed E-state index contributed by atoms with van der Waals surface area (Å²) >= 11 is 0. The summed E-state index contributed by atoms with van der Waals surface area (Å²) < 4.78 is 7.06. The van der Waals surface area contributed by atoms with Crippen LogP contribution in [0.2, 0.25) is 0 Å². The fourth-order valence-corrected chi connectivity index (χ4v) is 1.43.